The Morgan fingerprint density at radius 3 is 2.54 bits per heavy atom. The second-order valence-corrected chi connectivity index (χ2v) is 10.9. The largest absolute Gasteiger partial charge is 0.508 e. The van der Waals surface area contributed by atoms with Crippen LogP contribution in [0.2, 0.25) is 0 Å². The van der Waals surface area contributed by atoms with Crippen molar-refractivity contribution < 1.29 is 9.84 Å². The molecule has 2 N–H and O–H groups in total. The highest BCUT2D eigenvalue weighted by atomic mass is 79.9. The Balaban J connectivity index is 1.15. The molecule has 1 unspecified atom stereocenters. The molecule has 0 radical (unpaired) electrons. The molecular weight excluding hydrogens is 522 g/mol. The van der Waals surface area contributed by atoms with Gasteiger partial charge in [-0.25, -0.2) is 0 Å². The van der Waals surface area contributed by atoms with Gasteiger partial charge in [-0.05, 0) is 102 Å². The fourth-order valence-electron chi connectivity index (χ4n) is 5.80. The molecule has 3 nitrogen and oxygen atoms in total. The van der Waals surface area contributed by atoms with Gasteiger partial charge in [-0.2, -0.15) is 0 Å². The summed E-state index contributed by atoms with van der Waals surface area (Å²) in [5.41, 5.74) is 7.63. The maximum absolute atomic E-state index is 10.1. The molecule has 4 heteroatoms. The minimum absolute atomic E-state index is 0.253. The van der Waals surface area contributed by atoms with Gasteiger partial charge in [0.2, 0.25) is 0 Å². The number of phenolic OH excluding ortho intramolecular Hbond substituents is 1. The molecule has 1 aliphatic carbocycles. The van der Waals surface area contributed by atoms with Gasteiger partial charge in [0.25, 0.3) is 0 Å². The van der Waals surface area contributed by atoms with Crippen LogP contribution >= 0.6 is 15.9 Å². The van der Waals surface area contributed by atoms with Gasteiger partial charge in [0.15, 0.2) is 0 Å². The van der Waals surface area contributed by atoms with Crippen molar-refractivity contribution in [2.45, 2.75) is 37.5 Å². The van der Waals surface area contributed by atoms with Gasteiger partial charge in [0, 0.05) is 27.0 Å². The number of aromatic nitrogens is 1. The van der Waals surface area contributed by atoms with E-state index >= 15 is 0 Å². The monoisotopic (exact) mass is 551 g/mol. The zero-order valence-corrected chi connectivity index (χ0v) is 22.2. The Bertz CT molecular complexity index is 1510. The normalized spacial score (nSPS) is 17.0. The van der Waals surface area contributed by atoms with Crippen LogP contribution in [-0.2, 0) is 12.8 Å². The number of nitrogens with one attached hydrogen (secondary N) is 1. The van der Waals surface area contributed by atoms with E-state index in [1.807, 2.05) is 12.1 Å². The minimum atomic E-state index is 0.253. The van der Waals surface area contributed by atoms with Gasteiger partial charge < -0.3 is 14.8 Å². The van der Waals surface area contributed by atoms with E-state index in [0.717, 1.165) is 35.9 Å². The molecule has 0 fully saturated rings. The molecule has 186 valence electrons. The number of aromatic hydroxyl groups is 1. The lowest BCUT2D eigenvalue weighted by Crippen LogP contribution is -2.20. The van der Waals surface area contributed by atoms with Crippen molar-refractivity contribution >= 4 is 26.8 Å². The Hall–Kier alpha value is -3.50. The highest BCUT2D eigenvalue weighted by molar-refractivity contribution is 9.10. The molecular formula is C33H30BrNO2. The number of H-pyrrole nitrogens is 1. The number of hydrogen-bond acceptors (Lipinski definition) is 2. The molecule has 1 aromatic heterocycles. The van der Waals surface area contributed by atoms with Crippen molar-refractivity contribution in [2.24, 2.45) is 0 Å². The first-order chi connectivity index (χ1) is 18.1. The number of rotatable bonds is 7. The summed E-state index contributed by atoms with van der Waals surface area (Å²) in [6, 6.07) is 33.9. The summed E-state index contributed by atoms with van der Waals surface area (Å²) in [6.45, 7) is 0.677. The summed E-state index contributed by atoms with van der Waals surface area (Å²) in [5.74, 6) is 1.91. The van der Waals surface area contributed by atoms with E-state index in [1.54, 1.807) is 0 Å². The third kappa shape index (κ3) is 5.17. The Labute approximate surface area is 226 Å². The van der Waals surface area contributed by atoms with Crippen molar-refractivity contribution in [3.63, 3.8) is 0 Å². The third-order valence-corrected chi connectivity index (χ3v) is 8.05. The first-order valence-corrected chi connectivity index (χ1v) is 13.8. The van der Waals surface area contributed by atoms with E-state index in [-0.39, 0.29) is 5.92 Å². The predicted octanol–water partition coefficient (Wildman–Crippen LogP) is 8.51. The van der Waals surface area contributed by atoms with Gasteiger partial charge in [-0.3, -0.25) is 0 Å². The minimum Gasteiger partial charge on any atom is -0.508 e. The Kier molecular flexibility index (Phi) is 6.75. The SMILES string of the molecule is Oc1ccc2c(c1)CC[C@H](c1ccccc1)C2c1ccc(OCCCc2cc3cc(Br)ccc3[nH]2)cc1. The third-order valence-electron chi connectivity index (χ3n) is 7.55. The average molecular weight is 553 g/mol. The van der Waals surface area contributed by atoms with Crippen LogP contribution < -0.4 is 4.74 Å². The quantitative estimate of drug-likeness (QED) is 0.199. The number of phenols is 1. The van der Waals surface area contributed by atoms with Crippen LogP contribution in [0.3, 0.4) is 0 Å². The molecule has 0 spiro atoms. The summed E-state index contributed by atoms with van der Waals surface area (Å²) in [7, 11) is 0. The zero-order chi connectivity index (χ0) is 25.2. The number of aryl methyl sites for hydroxylation is 2. The first kappa shape index (κ1) is 23.9. The fraction of sp³-hybridized carbons (Fsp3) is 0.212. The highest BCUT2D eigenvalue weighted by Crippen LogP contribution is 2.47. The fourth-order valence-corrected chi connectivity index (χ4v) is 6.18. The number of ether oxygens (including phenoxy) is 1. The van der Waals surface area contributed by atoms with E-state index in [1.165, 1.54) is 38.9 Å². The molecule has 0 bridgehead atoms. The number of aromatic amines is 1. The van der Waals surface area contributed by atoms with Gasteiger partial charge >= 0.3 is 0 Å². The van der Waals surface area contributed by atoms with Crippen LogP contribution in [-0.4, -0.2) is 16.7 Å². The van der Waals surface area contributed by atoms with E-state index in [0.29, 0.717) is 18.3 Å². The molecule has 0 aliphatic heterocycles. The van der Waals surface area contributed by atoms with Gasteiger partial charge in [-0.15, -0.1) is 0 Å². The van der Waals surface area contributed by atoms with Crippen LogP contribution in [0.4, 0.5) is 0 Å². The first-order valence-electron chi connectivity index (χ1n) is 13.0. The van der Waals surface area contributed by atoms with Gasteiger partial charge in [-0.1, -0.05) is 64.5 Å². The topological polar surface area (TPSA) is 45.2 Å². The van der Waals surface area contributed by atoms with Gasteiger partial charge in [0.1, 0.15) is 11.5 Å². The van der Waals surface area contributed by atoms with E-state index < -0.39 is 0 Å². The maximum atomic E-state index is 10.1. The lowest BCUT2D eigenvalue weighted by Gasteiger charge is -2.34. The summed E-state index contributed by atoms with van der Waals surface area (Å²) < 4.78 is 7.20. The highest BCUT2D eigenvalue weighted by Gasteiger charge is 2.32. The van der Waals surface area contributed by atoms with Crippen LogP contribution in [0.1, 0.15) is 52.6 Å². The summed E-state index contributed by atoms with van der Waals surface area (Å²) in [6.07, 6.45) is 3.95. The number of fused-ring (bicyclic) bond motifs is 2. The maximum Gasteiger partial charge on any atom is 0.119 e. The lowest BCUT2D eigenvalue weighted by atomic mass is 9.69. The second kappa shape index (κ2) is 10.5. The molecule has 1 heterocycles. The zero-order valence-electron chi connectivity index (χ0n) is 20.7. The number of hydrogen-bond donors (Lipinski definition) is 2. The predicted molar refractivity (Wildman–Crippen MR) is 154 cm³/mol. The Morgan fingerprint density at radius 2 is 1.70 bits per heavy atom. The smallest absolute Gasteiger partial charge is 0.119 e. The van der Waals surface area contributed by atoms with Crippen molar-refractivity contribution in [2.75, 3.05) is 6.61 Å². The molecule has 2 atom stereocenters. The molecule has 0 saturated carbocycles. The molecule has 0 saturated heterocycles. The molecule has 4 aromatic carbocycles. The van der Waals surface area contributed by atoms with Gasteiger partial charge in [0.05, 0.1) is 6.61 Å². The van der Waals surface area contributed by atoms with Crippen LogP contribution in [0.15, 0.2) is 102 Å². The average Bonchev–Trinajstić information content (AvgIpc) is 3.33. The summed E-state index contributed by atoms with van der Waals surface area (Å²) in [5, 5.41) is 11.3. The van der Waals surface area contributed by atoms with E-state index in [4.69, 9.17) is 4.74 Å². The van der Waals surface area contributed by atoms with Crippen molar-refractivity contribution in [1.82, 2.24) is 4.98 Å². The molecule has 0 amide bonds. The molecule has 5 aromatic rings. The van der Waals surface area contributed by atoms with E-state index in [2.05, 4.69) is 106 Å². The lowest BCUT2D eigenvalue weighted by molar-refractivity contribution is 0.310. The standard InChI is InChI=1S/C33H30BrNO2/c34-26-11-17-32-25(19-26)20-27(35-32)7-4-18-37-29-13-8-23(9-14-29)33-30(22-5-2-1-3-6-22)15-10-24-21-28(36)12-16-31(24)33/h1-3,5-6,8-9,11-14,16-17,19-21,30,33,35-36H,4,7,10,15,18H2/t30-,33?/m1/s1. The second-order valence-electron chi connectivity index (χ2n) is 9.96. The van der Waals surface area contributed by atoms with Crippen LogP contribution in [0, 0.1) is 0 Å². The number of halogens is 1. The van der Waals surface area contributed by atoms with Crippen molar-refractivity contribution in [1.29, 1.82) is 0 Å². The van der Waals surface area contributed by atoms with Crippen LogP contribution in [0.5, 0.6) is 11.5 Å². The molecule has 1 aliphatic rings. The Morgan fingerprint density at radius 1 is 0.865 bits per heavy atom. The van der Waals surface area contributed by atoms with Crippen LogP contribution in [0.25, 0.3) is 10.9 Å². The molecule has 37 heavy (non-hydrogen) atoms. The summed E-state index contributed by atoms with van der Waals surface area (Å²) in [4.78, 5) is 3.50. The molecule has 6 rings (SSSR count). The summed E-state index contributed by atoms with van der Waals surface area (Å²) >= 11 is 3.54. The number of benzene rings is 4. The van der Waals surface area contributed by atoms with Crippen molar-refractivity contribution in [3.8, 4) is 11.5 Å². The van der Waals surface area contributed by atoms with E-state index in [9.17, 15) is 5.11 Å². The van der Waals surface area contributed by atoms with Crippen molar-refractivity contribution in [3.05, 3.63) is 129 Å².